The maximum absolute atomic E-state index is 12.0. The van der Waals surface area contributed by atoms with Crippen LogP contribution in [-0.4, -0.2) is 10.9 Å². The van der Waals surface area contributed by atoms with E-state index in [0.717, 1.165) is 13.5 Å². The number of aromatic nitrogens is 1. The molecule has 0 unspecified atom stereocenters. The standard InChI is InChI=1S/C12H7Br3N2O/c13-7-1-3-9(10(14)5-7)12(18)17-8-2-4-11(15)16-6-8/h1-6H,(H,17,18). The summed E-state index contributed by atoms with van der Waals surface area (Å²) in [4.78, 5) is 16.1. The minimum atomic E-state index is -0.182. The highest BCUT2D eigenvalue weighted by Gasteiger charge is 2.10. The minimum absolute atomic E-state index is 0.182. The van der Waals surface area contributed by atoms with Crippen LogP contribution in [0.1, 0.15) is 10.4 Å². The van der Waals surface area contributed by atoms with E-state index in [1.165, 1.54) is 0 Å². The second kappa shape index (κ2) is 5.95. The fourth-order valence-corrected chi connectivity index (χ4v) is 2.78. The molecule has 92 valence electrons. The molecule has 0 saturated carbocycles. The molecule has 0 bridgehead atoms. The Morgan fingerprint density at radius 3 is 2.50 bits per heavy atom. The van der Waals surface area contributed by atoms with Crippen molar-refractivity contribution in [2.24, 2.45) is 0 Å². The topological polar surface area (TPSA) is 42.0 Å². The van der Waals surface area contributed by atoms with Gasteiger partial charge >= 0.3 is 0 Å². The first-order valence-corrected chi connectivity index (χ1v) is 7.32. The second-order valence-electron chi connectivity index (χ2n) is 3.45. The van der Waals surface area contributed by atoms with E-state index < -0.39 is 0 Å². The van der Waals surface area contributed by atoms with Gasteiger partial charge in [0.05, 0.1) is 17.4 Å². The van der Waals surface area contributed by atoms with Crippen LogP contribution in [0.3, 0.4) is 0 Å². The highest BCUT2D eigenvalue weighted by atomic mass is 79.9. The molecule has 0 aliphatic carbocycles. The van der Waals surface area contributed by atoms with E-state index in [0.29, 0.717) is 11.3 Å². The van der Waals surface area contributed by atoms with E-state index in [-0.39, 0.29) is 5.91 Å². The third-order valence-corrected chi connectivity index (χ3v) is 3.78. The zero-order valence-corrected chi connectivity index (χ0v) is 13.7. The van der Waals surface area contributed by atoms with Crippen molar-refractivity contribution in [3.8, 4) is 0 Å². The van der Waals surface area contributed by atoms with Crippen LogP contribution in [0.5, 0.6) is 0 Å². The maximum atomic E-state index is 12.0. The Balaban J connectivity index is 2.19. The molecule has 6 heteroatoms. The Kier molecular flexibility index (Phi) is 4.53. The summed E-state index contributed by atoms with van der Waals surface area (Å²) in [6.45, 7) is 0. The Labute approximate surface area is 129 Å². The molecule has 18 heavy (non-hydrogen) atoms. The minimum Gasteiger partial charge on any atom is -0.321 e. The van der Waals surface area contributed by atoms with Gasteiger partial charge in [0.15, 0.2) is 0 Å². The highest BCUT2D eigenvalue weighted by Crippen LogP contribution is 2.23. The number of halogens is 3. The fraction of sp³-hybridized carbons (Fsp3) is 0. The molecular weight excluding hydrogens is 428 g/mol. The molecule has 2 aromatic rings. The number of rotatable bonds is 2. The Morgan fingerprint density at radius 2 is 1.89 bits per heavy atom. The number of anilines is 1. The summed E-state index contributed by atoms with van der Waals surface area (Å²) in [5.41, 5.74) is 1.22. The van der Waals surface area contributed by atoms with Crippen molar-refractivity contribution in [2.75, 3.05) is 5.32 Å². The number of hydrogen-bond acceptors (Lipinski definition) is 2. The monoisotopic (exact) mass is 432 g/mol. The largest absolute Gasteiger partial charge is 0.321 e. The van der Waals surface area contributed by atoms with Crippen molar-refractivity contribution in [3.05, 3.63) is 55.6 Å². The van der Waals surface area contributed by atoms with E-state index in [1.54, 1.807) is 24.4 Å². The quantitative estimate of drug-likeness (QED) is 0.701. The summed E-state index contributed by atoms with van der Waals surface area (Å²) < 4.78 is 2.38. The van der Waals surface area contributed by atoms with Gasteiger partial charge in [-0.3, -0.25) is 4.79 Å². The SMILES string of the molecule is O=C(Nc1ccc(Br)nc1)c1ccc(Br)cc1Br. The molecule has 0 fully saturated rings. The predicted molar refractivity (Wildman–Crippen MR) is 81.7 cm³/mol. The molecule has 0 saturated heterocycles. The summed E-state index contributed by atoms with van der Waals surface area (Å²) >= 11 is 9.94. The summed E-state index contributed by atoms with van der Waals surface area (Å²) in [6.07, 6.45) is 1.59. The Morgan fingerprint density at radius 1 is 1.11 bits per heavy atom. The van der Waals surface area contributed by atoms with E-state index in [9.17, 15) is 4.79 Å². The highest BCUT2D eigenvalue weighted by molar-refractivity contribution is 9.11. The smallest absolute Gasteiger partial charge is 0.256 e. The van der Waals surface area contributed by atoms with E-state index >= 15 is 0 Å². The average Bonchev–Trinajstić information content (AvgIpc) is 2.32. The Hall–Kier alpha value is -0.720. The van der Waals surface area contributed by atoms with Crippen molar-refractivity contribution >= 4 is 59.4 Å². The van der Waals surface area contributed by atoms with Crippen LogP contribution in [0.25, 0.3) is 0 Å². The van der Waals surface area contributed by atoms with Crippen molar-refractivity contribution in [1.29, 1.82) is 0 Å². The van der Waals surface area contributed by atoms with Gasteiger partial charge in [0.25, 0.3) is 5.91 Å². The average molecular weight is 435 g/mol. The van der Waals surface area contributed by atoms with Crippen LogP contribution in [0.15, 0.2) is 50.1 Å². The van der Waals surface area contributed by atoms with Crippen LogP contribution in [0.2, 0.25) is 0 Å². The molecule has 1 heterocycles. The summed E-state index contributed by atoms with van der Waals surface area (Å²) in [7, 11) is 0. The zero-order valence-electron chi connectivity index (χ0n) is 8.95. The second-order valence-corrected chi connectivity index (χ2v) is 6.03. The number of nitrogens with zero attached hydrogens (tertiary/aromatic N) is 1. The van der Waals surface area contributed by atoms with E-state index in [1.807, 2.05) is 12.1 Å². The van der Waals surface area contributed by atoms with Gasteiger partial charge in [-0.25, -0.2) is 4.98 Å². The summed E-state index contributed by atoms with van der Waals surface area (Å²) in [5.74, 6) is -0.182. The normalized spacial score (nSPS) is 10.2. The molecule has 1 aromatic heterocycles. The lowest BCUT2D eigenvalue weighted by atomic mass is 10.2. The molecule has 1 amide bonds. The number of carbonyl (C=O) groups is 1. The first-order chi connectivity index (χ1) is 8.56. The van der Waals surface area contributed by atoms with Crippen LogP contribution < -0.4 is 5.32 Å². The number of carbonyl (C=O) groups excluding carboxylic acids is 1. The summed E-state index contributed by atoms with van der Waals surface area (Å²) in [5, 5.41) is 2.78. The van der Waals surface area contributed by atoms with Crippen LogP contribution in [-0.2, 0) is 0 Å². The van der Waals surface area contributed by atoms with Crippen molar-refractivity contribution in [3.63, 3.8) is 0 Å². The van der Waals surface area contributed by atoms with Gasteiger partial charge in [-0.1, -0.05) is 15.9 Å². The Bertz CT molecular complexity index is 584. The molecule has 0 aliphatic heterocycles. The molecule has 0 radical (unpaired) electrons. The lowest BCUT2D eigenvalue weighted by Gasteiger charge is -2.07. The maximum Gasteiger partial charge on any atom is 0.256 e. The third-order valence-electron chi connectivity index (χ3n) is 2.16. The van der Waals surface area contributed by atoms with Crippen molar-refractivity contribution in [1.82, 2.24) is 4.98 Å². The van der Waals surface area contributed by atoms with Crippen LogP contribution in [0, 0.1) is 0 Å². The van der Waals surface area contributed by atoms with Crippen LogP contribution in [0.4, 0.5) is 5.69 Å². The van der Waals surface area contributed by atoms with Crippen LogP contribution >= 0.6 is 47.8 Å². The van der Waals surface area contributed by atoms with Gasteiger partial charge in [0.1, 0.15) is 4.60 Å². The molecule has 2 rings (SSSR count). The van der Waals surface area contributed by atoms with E-state index in [2.05, 4.69) is 58.1 Å². The van der Waals surface area contributed by atoms with Gasteiger partial charge in [0.2, 0.25) is 0 Å². The van der Waals surface area contributed by atoms with Gasteiger partial charge < -0.3 is 5.32 Å². The first kappa shape index (κ1) is 13.7. The first-order valence-electron chi connectivity index (χ1n) is 4.94. The molecule has 1 N–H and O–H groups in total. The molecule has 0 atom stereocenters. The molecule has 0 spiro atoms. The van der Waals surface area contributed by atoms with Crippen molar-refractivity contribution in [2.45, 2.75) is 0 Å². The number of pyridine rings is 1. The van der Waals surface area contributed by atoms with Gasteiger partial charge in [-0.05, 0) is 62.2 Å². The van der Waals surface area contributed by atoms with Gasteiger partial charge in [-0.2, -0.15) is 0 Å². The lowest BCUT2D eigenvalue weighted by Crippen LogP contribution is -2.12. The number of hydrogen-bond donors (Lipinski definition) is 1. The molecule has 0 aliphatic rings. The molecular formula is C12H7Br3N2O. The third kappa shape index (κ3) is 3.40. The van der Waals surface area contributed by atoms with E-state index in [4.69, 9.17) is 0 Å². The van der Waals surface area contributed by atoms with Crippen molar-refractivity contribution < 1.29 is 4.79 Å². The molecule has 3 nitrogen and oxygen atoms in total. The number of benzene rings is 1. The number of amides is 1. The molecule has 1 aromatic carbocycles. The predicted octanol–water partition coefficient (Wildman–Crippen LogP) is 4.62. The zero-order chi connectivity index (χ0) is 13.1. The lowest BCUT2D eigenvalue weighted by molar-refractivity contribution is 0.102. The van der Waals surface area contributed by atoms with Gasteiger partial charge in [-0.15, -0.1) is 0 Å². The van der Waals surface area contributed by atoms with Gasteiger partial charge in [0, 0.05) is 8.95 Å². The summed E-state index contributed by atoms with van der Waals surface area (Å²) in [6, 6.07) is 8.94. The number of nitrogens with one attached hydrogen (secondary N) is 1. The fourth-order valence-electron chi connectivity index (χ4n) is 1.32.